The highest BCUT2D eigenvalue weighted by Gasteiger charge is 2.21. The van der Waals surface area contributed by atoms with Gasteiger partial charge >= 0.3 is 0 Å². The summed E-state index contributed by atoms with van der Waals surface area (Å²) in [7, 11) is 0. The molecule has 166 valence electrons. The number of rotatable bonds is 6. The topological polar surface area (TPSA) is 91.9 Å². The zero-order valence-corrected chi connectivity index (χ0v) is 19.7. The summed E-state index contributed by atoms with van der Waals surface area (Å²) in [4.78, 5) is 18.2. The summed E-state index contributed by atoms with van der Waals surface area (Å²) in [5.41, 5.74) is 3.98. The molecule has 4 heterocycles. The lowest BCUT2D eigenvalue weighted by molar-refractivity contribution is 0.122. The average molecular weight is 545 g/mol. The quantitative estimate of drug-likeness (QED) is 0.286. The van der Waals surface area contributed by atoms with Crippen molar-refractivity contribution in [3.05, 3.63) is 45.7 Å². The number of hydrazone groups is 1. The minimum Gasteiger partial charge on any atom is -0.455 e. The van der Waals surface area contributed by atoms with Crippen molar-refractivity contribution in [2.24, 2.45) is 5.10 Å². The second-order valence-electron chi connectivity index (χ2n) is 7.63. The van der Waals surface area contributed by atoms with E-state index < -0.39 is 0 Å². The molecule has 0 bridgehead atoms. The van der Waals surface area contributed by atoms with Crippen LogP contribution in [0.1, 0.15) is 18.6 Å². The standard InChI is InChI=1S/C22H24IN7O2/c23-17-5-3-16(4-6-17)19-8-7-18(32-19)15-24-28-20-25-21(29-9-1-2-10-29)27-22(26-20)30-11-13-31-14-12-30/h3-8,15H,1-2,9-14H2,(H,25,26,27,28). The maximum Gasteiger partial charge on any atom is 0.250 e. The molecule has 2 aliphatic heterocycles. The van der Waals surface area contributed by atoms with Gasteiger partial charge in [0.25, 0.3) is 0 Å². The summed E-state index contributed by atoms with van der Waals surface area (Å²) < 4.78 is 12.5. The highest BCUT2D eigenvalue weighted by molar-refractivity contribution is 14.1. The number of aromatic nitrogens is 3. The van der Waals surface area contributed by atoms with Crippen LogP contribution in [0.5, 0.6) is 0 Å². The molecule has 1 N–H and O–H groups in total. The van der Waals surface area contributed by atoms with Crippen molar-refractivity contribution < 1.29 is 9.15 Å². The number of halogens is 1. The molecule has 0 spiro atoms. The minimum atomic E-state index is 0.420. The van der Waals surface area contributed by atoms with Gasteiger partial charge in [0.2, 0.25) is 17.8 Å². The summed E-state index contributed by atoms with van der Waals surface area (Å²) in [6.07, 6.45) is 3.94. The highest BCUT2D eigenvalue weighted by Crippen LogP contribution is 2.23. The van der Waals surface area contributed by atoms with Crippen LogP contribution in [0.25, 0.3) is 11.3 Å². The van der Waals surface area contributed by atoms with Gasteiger partial charge in [-0.2, -0.15) is 20.1 Å². The Kier molecular flexibility index (Phi) is 6.49. The van der Waals surface area contributed by atoms with Crippen LogP contribution in [0.3, 0.4) is 0 Å². The number of hydrogen-bond acceptors (Lipinski definition) is 9. The van der Waals surface area contributed by atoms with Gasteiger partial charge in [-0.3, -0.25) is 0 Å². The maximum absolute atomic E-state index is 5.90. The number of ether oxygens (including phenoxy) is 1. The number of anilines is 3. The van der Waals surface area contributed by atoms with Gasteiger partial charge in [-0.25, -0.2) is 5.43 Å². The Morgan fingerprint density at radius 1 is 0.875 bits per heavy atom. The molecule has 1 aromatic carbocycles. The molecular formula is C22H24IN7O2. The lowest BCUT2D eigenvalue weighted by Crippen LogP contribution is -2.38. The molecule has 5 rings (SSSR count). The Morgan fingerprint density at radius 2 is 1.56 bits per heavy atom. The van der Waals surface area contributed by atoms with E-state index in [1.54, 1.807) is 6.21 Å². The van der Waals surface area contributed by atoms with Gasteiger partial charge in [-0.05, 0) is 59.7 Å². The van der Waals surface area contributed by atoms with E-state index >= 15 is 0 Å². The third-order valence-electron chi connectivity index (χ3n) is 5.41. The zero-order valence-electron chi connectivity index (χ0n) is 17.6. The summed E-state index contributed by atoms with van der Waals surface area (Å²) in [6.45, 7) is 4.80. The fourth-order valence-corrected chi connectivity index (χ4v) is 4.07. The van der Waals surface area contributed by atoms with Gasteiger partial charge in [-0.15, -0.1) is 0 Å². The number of hydrogen-bond donors (Lipinski definition) is 1. The SMILES string of the molecule is Ic1ccc(-c2ccc(C=NNc3nc(N4CCCC4)nc(N4CCOCC4)n3)o2)cc1. The Balaban J connectivity index is 1.32. The number of nitrogens with one attached hydrogen (secondary N) is 1. The molecule has 10 heteroatoms. The Hall–Kier alpha value is -2.73. The van der Waals surface area contributed by atoms with E-state index in [1.807, 2.05) is 24.3 Å². The smallest absolute Gasteiger partial charge is 0.250 e. The van der Waals surface area contributed by atoms with Crippen LogP contribution in [0.15, 0.2) is 45.9 Å². The normalized spacial score (nSPS) is 16.8. The van der Waals surface area contributed by atoms with Gasteiger partial charge < -0.3 is 19.0 Å². The van der Waals surface area contributed by atoms with Crippen molar-refractivity contribution in [2.75, 3.05) is 54.6 Å². The zero-order chi connectivity index (χ0) is 21.8. The molecule has 0 amide bonds. The minimum absolute atomic E-state index is 0.420. The lowest BCUT2D eigenvalue weighted by atomic mass is 10.2. The molecule has 2 aliphatic rings. The van der Waals surface area contributed by atoms with E-state index in [2.05, 4.69) is 65.0 Å². The van der Waals surface area contributed by atoms with E-state index in [-0.39, 0.29) is 0 Å². The van der Waals surface area contributed by atoms with Crippen LogP contribution in [-0.2, 0) is 4.74 Å². The molecule has 0 radical (unpaired) electrons. The fourth-order valence-electron chi connectivity index (χ4n) is 3.71. The molecule has 32 heavy (non-hydrogen) atoms. The Morgan fingerprint density at radius 3 is 2.28 bits per heavy atom. The van der Waals surface area contributed by atoms with Gasteiger partial charge in [0.1, 0.15) is 11.5 Å². The molecule has 2 aromatic heterocycles. The third-order valence-corrected chi connectivity index (χ3v) is 6.13. The first kappa shape index (κ1) is 21.1. The van der Waals surface area contributed by atoms with Crippen LogP contribution < -0.4 is 15.2 Å². The van der Waals surface area contributed by atoms with Gasteiger partial charge in [0.05, 0.1) is 19.4 Å². The first-order valence-corrected chi connectivity index (χ1v) is 11.8. The van der Waals surface area contributed by atoms with Crippen molar-refractivity contribution >= 4 is 46.7 Å². The molecule has 3 aromatic rings. The Bertz CT molecular complexity index is 1070. The van der Waals surface area contributed by atoms with E-state index in [4.69, 9.17) is 14.1 Å². The number of furan rings is 1. The molecule has 0 saturated carbocycles. The second kappa shape index (κ2) is 9.82. The number of benzene rings is 1. The number of morpholine rings is 1. The van der Waals surface area contributed by atoms with Gasteiger partial charge in [0.15, 0.2) is 0 Å². The predicted molar refractivity (Wildman–Crippen MR) is 132 cm³/mol. The van der Waals surface area contributed by atoms with Gasteiger partial charge in [0, 0.05) is 35.3 Å². The molecule has 0 aliphatic carbocycles. The highest BCUT2D eigenvalue weighted by atomic mass is 127. The van der Waals surface area contributed by atoms with E-state index in [9.17, 15) is 0 Å². The molecule has 0 atom stereocenters. The van der Waals surface area contributed by atoms with Crippen LogP contribution in [-0.4, -0.2) is 60.6 Å². The third kappa shape index (κ3) is 5.01. The second-order valence-corrected chi connectivity index (χ2v) is 8.88. The van der Waals surface area contributed by atoms with Crippen molar-refractivity contribution in [1.29, 1.82) is 0 Å². The predicted octanol–water partition coefficient (Wildman–Crippen LogP) is 3.62. The monoisotopic (exact) mass is 545 g/mol. The fraction of sp³-hybridized carbons (Fsp3) is 0.364. The summed E-state index contributed by atoms with van der Waals surface area (Å²) in [5.74, 6) is 3.21. The molecular weight excluding hydrogens is 521 g/mol. The first-order chi connectivity index (χ1) is 15.7. The van der Waals surface area contributed by atoms with Crippen LogP contribution in [0, 0.1) is 3.57 Å². The molecule has 9 nitrogen and oxygen atoms in total. The van der Waals surface area contributed by atoms with Crippen molar-refractivity contribution in [2.45, 2.75) is 12.8 Å². The van der Waals surface area contributed by atoms with E-state index in [1.165, 1.54) is 3.57 Å². The van der Waals surface area contributed by atoms with Crippen molar-refractivity contribution in [3.8, 4) is 11.3 Å². The maximum atomic E-state index is 5.90. The summed E-state index contributed by atoms with van der Waals surface area (Å²) >= 11 is 2.29. The molecule has 2 fully saturated rings. The van der Waals surface area contributed by atoms with E-state index in [0.717, 1.165) is 50.3 Å². The largest absolute Gasteiger partial charge is 0.455 e. The van der Waals surface area contributed by atoms with E-state index in [0.29, 0.717) is 36.8 Å². The average Bonchev–Trinajstić information content (AvgIpc) is 3.53. The van der Waals surface area contributed by atoms with Crippen LogP contribution in [0.4, 0.5) is 17.8 Å². The molecule has 0 unspecified atom stereocenters. The lowest BCUT2D eigenvalue weighted by Gasteiger charge is -2.27. The van der Waals surface area contributed by atoms with Crippen LogP contribution >= 0.6 is 22.6 Å². The van der Waals surface area contributed by atoms with Gasteiger partial charge in [-0.1, -0.05) is 12.1 Å². The summed E-state index contributed by atoms with van der Waals surface area (Å²) in [5, 5.41) is 4.30. The Labute approximate surface area is 200 Å². The summed E-state index contributed by atoms with van der Waals surface area (Å²) in [6, 6.07) is 12.0. The first-order valence-electron chi connectivity index (χ1n) is 10.7. The van der Waals surface area contributed by atoms with Crippen molar-refractivity contribution in [1.82, 2.24) is 15.0 Å². The molecule has 2 saturated heterocycles. The van der Waals surface area contributed by atoms with Crippen molar-refractivity contribution in [3.63, 3.8) is 0 Å². The van der Waals surface area contributed by atoms with Crippen LogP contribution in [0.2, 0.25) is 0 Å². The number of nitrogens with zero attached hydrogens (tertiary/aromatic N) is 6.